The van der Waals surface area contributed by atoms with Gasteiger partial charge in [-0.15, -0.1) is 0 Å². The van der Waals surface area contributed by atoms with Crippen molar-refractivity contribution in [2.45, 2.75) is 24.5 Å². The summed E-state index contributed by atoms with van der Waals surface area (Å²) in [4.78, 5) is 19.4. The molecule has 0 spiro atoms. The summed E-state index contributed by atoms with van der Waals surface area (Å²) in [5.41, 5.74) is 1.71. The Morgan fingerprint density at radius 2 is 1.76 bits per heavy atom. The molecule has 0 bridgehead atoms. The van der Waals surface area contributed by atoms with Crippen molar-refractivity contribution in [1.29, 1.82) is 0 Å². The third kappa shape index (κ3) is 7.17. The quantitative estimate of drug-likeness (QED) is 0.359. The fourth-order valence-electron chi connectivity index (χ4n) is 5.12. The molecule has 1 saturated heterocycles. The summed E-state index contributed by atoms with van der Waals surface area (Å²) >= 11 is 12.5. The van der Waals surface area contributed by atoms with E-state index in [4.69, 9.17) is 27.6 Å². The monoisotopic (exact) mass is 559 g/mol. The molecule has 38 heavy (non-hydrogen) atoms. The molecule has 0 radical (unpaired) electrons. The SMILES string of the molecule is CN(C[C@@H](CCN1CCN(C(c2ccco2)[C@H](O)CO)CC1)c1ccc(Cl)c(Cl)c1)C(=O)c1ccccc1. The third-order valence-corrected chi connectivity index (χ3v) is 8.00. The van der Waals surface area contributed by atoms with Crippen molar-refractivity contribution >= 4 is 29.1 Å². The van der Waals surface area contributed by atoms with Crippen LogP contribution in [0.3, 0.4) is 0 Å². The van der Waals surface area contributed by atoms with Gasteiger partial charge in [-0.1, -0.05) is 47.5 Å². The Kier molecular flexibility index (Phi) is 10.2. The van der Waals surface area contributed by atoms with Gasteiger partial charge in [0.15, 0.2) is 0 Å². The maximum atomic E-state index is 13.0. The molecular formula is C29H35Cl2N3O4. The molecule has 0 aliphatic carbocycles. The Bertz CT molecular complexity index is 1150. The minimum atomic E-state index is -0.913. The van der Waals surface area contributed by atoms with E-state index in [2.05, 4.69) is 9.80 Å². The molecule has 1 amide bonds. The molecule has 4 rings (SSSR count). The van der Waals surface area contributed by atoms with Crippen molar-refractivity contribution in [2.75, 3.05) is 52.9 Å². The number of nitrogens with zero attached hydrogens (tertiary/aromatic N) is 3. The topological polar surface area (TPSA) is 80.4 Å². The number of halogens is 2. The van der Waals surface area contributed by atoms with E-state index in [0.29, 0.717) is 27.9 Å². The van der Waals surface area contributed by atoms with Gasteiger partial charge in [0.05, 0.1) is 35.1 Å². The van der Waals surface area contributed by atoms with Crippen LogP contribution in [-0.2, 0) is 0 Å². The highest BCUT2D eigenvalue weighted by Gasteiger charge is 2.32. The summed E-state index contributed by atoms with van der Waals surface area (Å²) in [6, 6.07) is 18.3. The molecule has 2 aromatic carbocycles. The molecule has 1 fully saturated rings. The van der Waals surface area contributed by atoms with Gasteiger partial charge in [0.2, 0.25) is 0 Å². The Balaban J connectivity index is 1.40. The summed E-state index contributed by atoms with van der Waals surface area (Å²) in [6.45, 7) is 4.20. The van der Waals surface area contributed by atoms with Crippen LogP contribution in [0.4, 0.5) is 0 Å². The molecule has 1 aliphatic heterocycles. The third-order valence-electron chi connectivity index (χ3n) is 7.26. The van der Waals surface area contributed by atoms with Gasteiger partial charge < -0.3 is 24.4 Å². The number of carbonyl (C=O) groups excluding carboxylic acids is 1. The second kappa shape index (κ2) is 13.6. The normalized spacial score (nSPS) is 17.2. The molecule has 7 nitrogen and oxygen atoms in total. The molecule has 1 aliphatic rings. The van der Waals surface area contributed by atoms with Gasteiger partial charge >= 0.3 is 0 Å². The number of carbonyl (C=O) groups is 1. The second-order valence-corrected chi connectivity index (χ2v) is 10.6. The van der Waals surface area contributed by atoms with Gasteiger partial charge in [0.1, 0.15) is 5.76 Å². The first-order valence-electron chi connectivity index (χ1n) is 12.9. The van der Waals surface area contributed by atoms with E-state index in [1.807, 2.05) is 61.6 Å². The first-order chi connectivity index (χ1) is 18.4. The Labute approximate surface area is 234 Å². The lowest BCUT2D eigenvalue weighted by Crippen LogP contribution is -2.50. The number of rotatable bonds is 11. The molecule has 0 saturated carbocycles. The largest absolute Gasteiger partial charge is 0.468 e. The zero-order chi connectivity index (χ0) is 27.1. The van der Waals surface area contributed by atoms with E-state index < -0.39 is 6.10 Å². The van der Waals surface area contributed by atoms with Crippen LogP contribution >= 0.6 is 23.2 Å². The summed E-state index contributed by atoms with van der Waals surface area (Å²) in [5.74, 6) is 0.717. The highest BCUT2D eigenvalue weighted by molar-refractivity contribution is 6.42. The van der Waals surface area contributed by atoms with Gasteiger partial charge in [-0.05, 0) is 54.9 Å². The lowest BCUT2D eigenvalue weighted by atomic mass is 9.94. The predicted molar refractivity (Wildman–Crippen MR) is 150 cm³/mol. The van der Waals surface area contributed by atoms with Crippen molar-refractivity contribution in [3.63, 3.8) is 0 Å². The van der Waals surface area contributed by atoms with Gasteiger partial charge in [0.25, 0.3) is 5.91 Å². The Morgan fingerprint density at radius 3 is 2.39 bits per heavy atom. The van der Waals surface area contributed by atoms with Gasteiger partial charge in [0, 0.05) is 51.3 Å². The number of aliphatic hydroxyl groups excluding tert-OH is 2. The molecule has 3 aromatic rings. The predicted octanol–water partition coefficient (Wildman–Crippen LogP) is 4.54. The second-order valence-electron chi connectivity index (χ2n) is 9.80. The van der Waals surface area contributed by atoms with Crippen molar-refractivity contribution in [2.24, 2.45) is 0 Å². The number of benzene rings is 2. The average Bonchev–Trinajstić information content (AvgIpc) is 3.47. The van der Waals surface area contributed by atoms with Crippen molar-refractivity contribution < 1.29 is 19.4 Å². The molecule has 2 N–H and O–H groups in total. The smallest absolute Gasteiger partial charge is 0.253 e. The highest BCUT2D eigenvalue weighted by atomic mass is 35.5. The van der Waals surface area contributed by atoms with Crippen LogP contribution in [0, 0.1) is 0 Å². The van der Waals surface area contributed by atoms with Crippen molar-refractivity contribution in [1.82, 2.24) is 14.7 Å². The molecule has 9 heteroatoms. The van der Waals surface area contributed by atoms with E-state index in [1.165, 1.54) is 0 Å². The van der Waals surface area contributed by atoms with Crippen LogP contribution in [0.2, 0.25) is 10.0 Å². The number of aliphatic hydroxyl groups is 2. The average molecular weight is 561 g/mol. The number of amides is 1. The van der Waals surface area contributed by atoms with E-state index in [9.17, 15) is 15.0 Å². The van der Waals surface area contributed by atoms with Crippen LogP contribution in [0.25, 0.3) is 0 Å². The van der Waals surface area contributed by atoms with Gasteiger partial charge in [-0.2, -0.15) is 0 Å². The zero-order valence-corrected chi connectivity index (χ0v) is 23.1. The molecule has 1 aromatic heterocycles. The lowest BCUT2D eigenvalue weighted by Gasteiger charge is -2.40. The first kappa shape index (κ1) is 28.6. The van der Waals surface area contributed by atoms with Crippen LogP contribution in [0.1, 0.15) is 40.1 Å². The standard InChI is InChI=1S/C29H35Cl2N3O4/c1-32(29(37)21-6-3-2-4-7-21)19-23(22-9-10-24(30)25(31)18-22)11-12-33-13-15-34(16-14-33)28(26(36)20-35)27-8-5-17-38-27/h2-10,17-18,23,26,28,35-36H,11-16,19-20H2,1H3/t23-,26-,28?/m1/s1. The Morgan fingerprint density at radius 1 is 1.03 bits per heavy atom. The number of hydrogen-bond acceptors (Lipinski definition) is 6. The van der Waals surface area contributed by atoms with E-state index in [1.54, 1.807) is 17.2 Å². The van der Waals surface area contributed by atoms with Crippen LogP contribution in [0.15, 0.2) is 71.3 Å². The highest BCUT2D eigenvalue weighted by Crippen LogP contribution is 2.30. The molecule has 3 atom stereocenters. The van der Waals surface area contributed by atoms with E-state index >= 15 is 0 Å². The molecule has 2 heterocycles. The van der Waals surface area contributed by atoms with Crippen LogP contribution < -0.4 is 0 Å². The first-order valence-corrected chi connectivity index (χ1v) is 13.7. The summed E-state index contributed by atoms with van der Waals surface area (Å²) < 4.78 is 5.55. The number of likely N-dealkylation sites (N-methyl/N-ethyl adjacent to an activating group) is 1. The van der Waals surface area contributed by atoms with E-state index in [-0.39, 0.29) is 24.5 Å². The minimum absolute atomic E-state index is 0.0179. The molecule has 204 valence electrons. The van der Waals surface area contributed by atoms with E-state index in [0.717, 1.165) is 44.7 Å². The summed E-state index contributed by atoms with van der Waals surface area (Å²) in [6.07, 6.45) is 1.51. The number of piperazine rings is 1. The summed E-state index contributed by atoms with van der Waals surface area (Å²) in [7, 11) is 1.83. The molecular weight excluding hydrogens is 525 g/mol. The minimum Gasteiger partial charge on any atom is -0.468 e. The summed E-state index contributed by atoms with van der Waals surface area (Å²) in [5, 5.41) is 21.0. The lowest BCUT2D eigenvalue weighted by molar-refractivity contribution is -0.0178. The van der Waals surface area contributed by atoms with Crippen LogP contribution in [0.5, 0.6) is 0 Å². The van der Waals surface area contributed by atoms with Gasteiger partial charge in [-0.3, -0.25) is 9.69 Å². The maximum absolute atomic E-state index is 13.0. The zero-order valence-electron chi connectivity index (χ0n) is 21.5. The van der Waals surface area contributed by atoms with Crippen molar-refractivity contribution in [3.8, 4) is 0 Å². The number of hydrogen-bond donors (Lipinski definition) is 2. The fraction of sp³-hybridized carbons (Fsp3) is 0.414. The Hall–Kier alpha value is -2.39. The number of furan rings is 1. The van der Waals surface area contributed by atoms with Crippen LogP contribution in [-0.4, -0.2) is 89.8 Å². The van der Waals surface area contributed by atoms with Gasteiger partial charge in [-0.25, -0.2) is 0 Å². The fourth-order valence-corrected chi connectivity index (χ4v) is 5.43. The molecule has 1 unspecified atom stereocenters. The van der Waals surface area contributed by atoms with Crippen molar-refractivity contribution in [3.05, 3.63) is 93.9 Å². The maximum Gasteiger partial charge on any atom is 0.253 e.